The molecule has 0 fully saturated rings. The maximum absolute atomic E-state index is 11.0. The van der Waals surface area contributed by atoms with Crippen molar-refractivity contribution in [1.82, 2.24) is 4.98 Å². The molecule has 1 rings (SSSR count). The van der Waals surface area contributed by atoms with Crippen molar-refractivity contribution in [2.24, 2.45) is 0 Å². The highest BCUT2D eigenvalue weighted by molar-refractivity contribution is 5.56. The predicted octanol–water partition coefficient (Wildman–Crippen LogP) is 0.603. The van der Waals surface area contributed by atoms with Crippen molar-refractivity contribution in [1.29, 1.82) is 0 Å². The molecule has 20 heavy (non-hydrogen) atoms. The lowest BCUT2D eigenvalue weighted by molar-refractivity contribution is -0.384. The normalized spacial score (nSPS) is 10.3. The van der Waals surface area contributed by atoms with Crippen LogP contribution in [0.15, 0.2) is 12.1 Å². The minimum Gasteiger partial charge on any atom is -0.395 e. The summed E-state index contributed by atoms with van der Waals surface area (Å²) in [6.07, 6.45) is 0.872. The van der Waals surface area contributed by atoms with Crippen LogP contribution in [0, 0.1) is 10.1 Å². The van der Waals surface area contributed by atoms with Crippen LogP contribution >= 0.6 is 0 Å². The Balaban J connectivity index is 3.07. The molecule has 0 spiro atoms. The molecular formula is C12H20N4O4. The van der Waals surface area contributed by atoms with Gasteiger partial charge in [0.1, 0.15) is 11.6 Å². The Hall–Kier alpha value is -1.93. The van der Waals surface area contributed by atoms with Crippen molar-refractivity contribution in [3.8, 4) is 0 Å². The fourth-order valence-electron chi connectivity index (χ4n) is 1.70. The number of nitro groups is 1. The average Bonchev–Trinajstić information content (AvgIpc) is 2.44. The quantitative estimate of drug-likeness (QED) is 0.449. The number of hydrogen-bond donors (Lipinski definition) is 3. The van der Waals surface area contributed by atoms with Crippen LogP contribution in [0.5, 0.6) is 0 Å². The highest BCUT2D eigenvalue weighted by Gasteiger charge is 2.15. The van der Waals surface area contributed by atoms with E-state index in [0.29, 0.717) is 18.2 Å². The molecule has 3 N–H and O–H groups in total. The molecule has 1 aromatic rings. The van der Waals surface area contributed by atoms with Crippen LogP contribution in [0.25, 0.3) is 0 Å². The Morgan fingerprint density at radius 2 is 2.00 bits per heavy atom. The van der Waals surface area contributed by atoms with E-state index in [1.54, 1.807) is 4.90 Å². The van der Waals surface area contributed by atoms with Gasteiger partial charge in [0.05, 0.1) is 30.3 Å². The van der Waals surface area contributed by atoms with E-state index in [-0.39, 0.29) is 32.0 Å². The van der Waals surface area contributed by atoms with E-state index >= 15 is 0 Å². The number of nitrogens with zero attached hydrogens (tertiary/aromatic N) is 3. The molecule has 112 valence electrons. The number of aromatic nitrogens is 1. The summed E-state index contributed by atoms with van der Waals surface area (Å²) < 4.78 is 0. The summed E-state index contributed by atoms with van der Waals surface area (Å²) in [6.45, 7) is 2.90. The Bertz CT molecular complexity index is 435. The van der Waals surface area contributed by atoms with Crippen LogP contribution in [0.2, 0.25) is 0 Å². The topological polar surface area (TPSA) is 112 Å². The van der Waals surface area contributed by atoms with Gasteiger partial charge in [0.2, 0.25) is 0 Å². The van der Waals surface area contributed by atoms with Gasteiger partial charge in [-0.1, -0.05) is 6.92 Å². The zero-order valence-electron chi connectivity index (χ0n) is 11.4. The van der Waals surface area contributed by atoms with E-state index < -0.39 is 4.92 Å². The van der Waals surface area contributed by atoms with Crippen LogP contribution in [-0.4, -0.2) is 53.0 Å². The molecule has 0 saturated carbocycles. The lowest BCUT2D eigenvalue weighted by Crippen LogP contribution is -2.30. The molecule has 1 heterocycles. The number of anilines is 2. The van der Waals surface area contributed by atoms with E-state index in [1.165, 1.54) is 12.1 Å². The Labute approximate surface area is 117 Å². The zero-order valence-corrected chi connectivity index (χ0v) is 11.4. The number of pyridine rings is 1. The predicted molar refractivity (Wildman–Crippen MR) is 76.1 cm³/mol. The van der Waals surface area contributed by atoms with E-state index in [9.17, 15) is 10.1 Å². The molecule has 1 aromatic heterocycles. The molecule has 0 atom stereocenters. The smallest absolute Gasteiger partial charge is 0.276 e. The number of rotatable bonds is 9. The molecule has 0 aliphatic rings. The van der Waals surface area contributed by atoms with E-state index in [4.69, 9.17) is 10.2 Å². The van der Waals surface area contributed by atoms with Gasteiger partial charge >= 0.3 is 0 Å². The molecule has 0 bridgehead atoms. The fraction of sp³-hybridized carbons (Fsp3) is 0.583. The third kappa shape index (κ3) is 4.63. The van der Waals surface area contributed by atoms with Crippen LogP contribution in [-0.2, 0) is 0 Å². The summed E-state index contributed by atoms with van der Waals surface area (Å²) in [5, 5.41) is 32.0. The molecular weight excluding hydrogens is 264 g/mol. The summed E-state index contributed by atoms with van der Waals surface area (Å²) in [5.41, 5.74) is -0.0746. The van der Waals surface area contributed by atoms with E-state index in [1.807, 2.05) is 6.92 Å². The van der Waals surface area contributed by atoms with Gasteiger partial charge in [-0.3, -0.25) is 10.1 Å². The second-order valence-electron chi connectivity index (χ2n) is 4.19. The number of nitrogens with one attached hydrogen (secondary N) is 1. The van der Waals surface area contributed by atoms with Gasteiger partial charge in [0.15, 0.2) is 0 Å². The van der Waals surface area contributed by atoms with Crippen molar-refractivity contribution >= 4 is 17.3 Å². The van der Waals surface area contributed by atoms with Crippen LogP contribution < -0.4 is 10.2 Å². The van der Waals surface area contributed by atoms with Gasteiger partial charge in [-0.15, -0.1) is 0 Å². The third-order valence-corrected chi connectivity index (χ3v) is 2.63. The highest BCUT2D eigenvalue weighted by atomic mass is 16.6. The van der Waals surface area contributed by atoms with Gasteiger partial charge in [-0.25, -0.2) is 4.98 Å². The van der Waals surface area contributed by atoms with Crippen molar-refractivity contribution in [3.63, 3.8) is 0 Å². The van der Waals surface area contributed by atoms with Gasteiger partial charge in [-0.2, -0.15) is 0 Å². The maximum atomic E-state index is 11.0. The number of aliphatic hydroxyl groups is 2. The molecule has 8 nitrogen and oxygen atoms in total. The van der Waals surface area contributed by atoms with Crippen LogP contribution in [0.4, 0.5) is 17.3 Å². The lowest BCUT2D eigenvalue weighted by Gasteiger charge is -2.22. The van der Waals surface area contributed by atoms with Crippen LogP contribution in [0.1, 0.15) is 13.3 Å². The van der Waals surface area contributed by atoms with E-state index in [0.717, 1.165) is 6.42 Å². The highest BCUT2D eigenvalue weighted by Crippen LogP contribution is 2.23. The van der Waals surface area contributed by atoms with E-state index in [2.05, 4.69) is 10.3 Å². The van der Waals surface area contributed by atoms with Crippen LogP contribution in [0.3, 0.4) is 0 Å². The molecule has 0 radical (unpaired) electrons. The zero-order chi connectivity index (χ0) is 15.0. The number of aliphatic hydroxyl groups excluding tert-OH is 2. The SMILES string of the molecule is CCCNc1cc([N+](=O)[O-])cc(N(CCO)CCO)n1. The van der Waals surface area contributed by atoms with Gasteiger partial charge < -0.3 is 20.4 Å². The fourth-order valence-corrected chi connectivity index (χ4v) is 1.70. The average molecular weight is 284 g/mol. The Kier molecular flexibility index (Phi) is 6.68. The second-order valence-corrected chi connectivity index (χ2v) is 4.19. The standard InChI is InChI=1S/C12H20N4O4/c1-2-3-13-11-8-10(16(19)20)9-12(14-11)15(4-6-17)5-7-18/h8-9,17-18H,2-7H2,1H3,(H,13,14). The van der Waals surface area contributed by atoms with Gasteiger partial charge in [0.25, 0.3) is 5.69 Å². The minimum absolute atomic E-state index is 0.0746. The first kappa shape index (κ1) is 16.1. The first-order valence-electron chi connectivity index (χ1n) is 6.49. The maximum Gasteiger partial charge on any atom is 0.276 e. The Morgan fingerprint density at radius 3 is 2.50 bits per heavy atom. The number of hydrogen-bond acceptors (Lipinski definition) is 7. The minimum atomic E-state index is -0.488. The summed E-state index contributed by atoms with van der Waals surface area (Å²) >= 11 is 0. The largest absolute Gasteiger partial charge is 0.395 e. The van der Waals surface area contributed by atoms with Crippen molar-refractivity contribution < 1.29 is 15.1 Å². The Morgan fingerprint density at radius 1 is 1.35 bits per heavy atom. The summed E-state index contributed by atoms with van der Waals surface area (Å²) in [4.78, 5) is 16.3. The molecule has 0 aliphatic carbocycles. The van der Waals surface area contributed by atoms with Gasteiger partial charge in [-0.05, 0) is 6.42 Å². The lowest BCUT2D eigenvalue weighted by atomic mass is 10.3. The molecule has 0 aliphatic heterocycles. The third-order valence-electron chi connectivity index (χ3n) is 2.63. The summed E-state index contributed by atoms with van der Waals surface area (Å²) in [7, 11) is 0. The molecule has 0 amide bonds. The molecule has 0 saturated heterocycles. The monoisotopic (exact) mass is 284 g/mol. The second kappa shape index (κ2) is 8.28. The first-order valence-corrected chi connectivity index (χ1v) is 6.49. The summed E-state index contributed by atoms with van der Waals surface area (Å²) in [5.74, 6) is 0.776. The first-order chi connectivity index (χ1) is 9.62. The molecule has 8 heteroatoms. The summed E-state index contributed by atoms with van der Waals surface area (Å²) in [6, 6.07) is 2.71. The molecule has 0 unspecified atom stereocenters. The van der Waals surface area contributed by atoms with Crippen molar-refractivity contribution in [2.45, 2.75) is 13.3 Å². The molecule has 0 aromatic carbocycles. The van der Waals surface area contributed by atoms with Crippen molar-refractivity contribution in [3.05, 3.63) is 22.2 Å². The van der Waals surface area contributed by atoms with Crippen molar-refractivity contribution in [2.75, 3.05) is 43.1 Å². The van der Waals surface area contributed by atoms with Gasteiger partial charge in [0, 0.05) is 19.6 Å².